The van der Waals surface area contributed by atoms with Gasteiger partial charge in [-0.1, -0.05) is 0 Å². The lowest BCUT2D eigenvalue weighted by Crippen LogP contribution is -2.23. The topological polar surface area (TPSA) is 51.2 Å². The minimum atomic E-state index is -0.916. The molecule has 0 saturated carbocycles. The first-order valence-electron chi connectivity index (χ1n) is 4.35. The Morgan fingerprint density at radius 1 is 0.786 bits per heavy atom. The molecule has 0 saturated heterocycles. The van der Waals surface area contributed by atoms with Crippen LogP contribution in [-0.2, 0) is 14.4 Å². The summed E-state index contributed by atoms with van der Waals surface area (Å²) in [7, 11) is 0. The molecule has 0 aliphatic rings. The number of carbonyl (C=O) groups is 3. The maximum atomic E-state index is 11.1. The van der Waals surface area contributed by atoms with Crippen LogP contribution in [0.3, 0.4) is 0 Å². The van der Waals surface area contributed by atoms with E-state index in [0.29, 0.717) is 24.6 Å². The molecule has 0 aliphatic heterocycles. The molecule has 0 aromatic rings. The average molecular weight is 239 g/mol. The smallest absolute Gasteiger partial charge is 0.264 e. The lowest BCUT2D eigenvalue weighted by atomic mass is 10.1. The van der Waals surface area contributed by atoms with Gasteiger partial charge in [-0.2, -0.15) is 0 Å². The third kappa shape index (κ3) is 5.35. The fourth-order valence-electron chi connectivity index (χ4n) is 0.837. The van der Waals surface area contributed by atoms with E-state index >= 15 is 0 Å². The van der Waals surface area contributed by atoms with E-state index in [0.717, 1.165) is 0 Å². The van der Waals surface area contributed by atoms with Crippen LogP contribution in [0.2, 0.25) is 0 Å². The summed E-state index contributed by atoms with van der Waals surface area (Å²) in [6, 6.07) is 0. The van der Waals surface area contributed by atoms with Crippen molar-refractivity contribution < 1.29 is 14.4 Å². The quantitative estimate of drug-likeness (QED) is 0.368. The Balaban J connectivity index is 3.92. The zero-order chi connectivity index (χ0) is 11.0. The lowest BCUT2D eigenvalue weighted by Gasteiger charge is -1.97. The first-order valence-corrected chi connectivity index (χ1v) is 5.42. The molecule has 0 bridgehead atoms. The maximum absolute atomic E-state index is 11.1. The summed E-state index contributed by atoms with van der Waals surface area (Å²) in [5, 5.41) is 0. The standard InChI is InChI=1S/C9H12Cl2O3/c10-5-1-3-7(12)9(14)8(13)4-2-6-11/h1-6H2. The highest BCUT2D eigenvalue weighted by Gasteiger charge is 2.20. The van der Waals surface area contributed by atoms with Crippen molar-refractivity contribution in [2.24, 2.45) is 0 Å². The summed E-state index contributed by atoms with van der Waals surface area (Å²) in [4.78, 5) is 33.2. The highest BCUT2D eigenvalue weighted by atomic mass is 35.5. The van der Waals surface area contributed by atoms with Gasteiger partial charge in [0.2, 0.25) is 11.6 Å². The van der Waals surface area contributed by atoms with E-state index in [1.165, 1.54) is 0 Å². The summed E-state index contributed by atoms with van der Waals surface area (Å²) < 4.78 is 0. The van der Waals surface area contributed by atoms with E-state index in [2.05, 4.69) is 0 Å². The molecule has 0 amide bonds. The number of rotatable bonds is 8. The van der Waals surface area contributed by atoms with Crippen LogP contribution in [-0.4, -0.2) is 29.1 Å². The van der Waals surface area contributed by atoms with Gasteiger partial charge in [0.05, 0.1) is 0 Å². The Labute approximate surface area is 92.7 Å². The summed E-state index contributed by atoms with van der Waals surface area (Å²) >= 11 is 10.7. The van der Waals surface area contributed by atoms with Gasteiger partial charge in [0.25, 0.3) is 5.78 Å². The number of hydrogen-bond acceptors (Lipinski definition) is 3. The number of hydrogen-bond donors (Lipinski definition) is 0. The van der Waals surface area contributed by atoms with Crippen molar-refractivity contribution in [1.29, 1.82) is 0 Å². The van der Waals surface area contributed by atoms with Crippen molar-refractivity contribution in [2.75, 3.05) is 11.8 Å². The molecule has 0 atom stereocenters. The van der Waals surface area contributed by atoms with Crippen molar-refractivity contribution in [3.8, 4) is 0 Å². The van der Waals surface area contributed by atoms with Gasteiger partial charge in [-0.3, -0.25) is 14.4 Å². The third-order valence-electron chi connectivity index (χ3n) is 1.58. The largest absolute Gasteiger partial charge is 0.290 e. The van der Waals surface area contributed by atoms with Gasteiger partial charge in [-0.15, -0.1) is 23.2 Å². The third-order valence-corrected chi connectivity index (χ3v) is 2.12. The van der Waals surface area contributed by atoms with Gasteiger partial charge in [-0.25, -0.2) is 0 Å². The van der Waals surface area contributed by atoms with E-state index in [1.54, 1.807) is 0 Å². The normalized spacial score (nSPS) is 9.86. The molecule has 0 rings (SSSR count). The molecule has 0 N–H and O–H groups in total. The van der Waals surface area contributed by atoms with Crippen LogP contribution >= 0.6 is 23.2 Å². The molecule has 0 aromatic carbocycles. The van der Waals surface area contributed by atoms with Crippen molar-refractivity contribution in [3.63, 3.8) is 0 Å². The monoisotopic (exact) mass is 238 g/mol. The number of Topliss-reactive ketones (excluding diaryl/α,β-unsaturated/α-hetero) is 3. The number of halogens is 2. The van der Waals surface area contributed by atoms with Crippen molar-refractivity contribution in [1.82, 2.24) is 0 Å². The molecular weight excluding hydrogens is 227 g/mol. The molecule has 3 nitrogen and oxygen atoms in total. The van der Waals surface area contributed by atoms with Crippen LogP contribution in [0.1, 0.15) is 25.7 Å². The second-order valence-electron chi connectivity index (χ2n) is 2.76. The summed E-state index contributed by atoms with van der Waals surface area (Å²) in [5.74, 6) is -1.58. The fourth-order valence-corrected chi connectivity index (χ4v) is 1.10. The van der Waals surface area contributed by atoms with Gasteiger partial charge in [-0.05, 0) is 12.8 Å². The Morgan fingerprint density at radius 2 is 1.14 bits per heavy atom. The highest BCUT2D eigenvalue weighted by Crippen LogP contribution is 1.99. The Bertz CT molecular complexity index is 204. The molecule has 5 heteroatoms. The zero-order valence-corrected chi connectivity index (χ0v) is 9.24. The molecule has 14 heavy (non-hydrogen) atoms. The molecular formula is C9H12Cl2O3. The van der Waals surface area contributed by atoms with E-state index in [1.807, 2.05) is 0 Å². The van der Waals surface area contributed by atoms with Crippen LogP contribution in [0.15, 0.2) is 0 Å². The predicted octanol–water partition coefficient (Wildman–Crippen LogP) is 1.73. The maximum Gasteiger partial charge on any atom is 0.264 e. The van der Waals surface area contributed by atoms with E-state index < -0.39 is 17.3 Å². The highest BCUT2D eigenvalue weighted by molar-refractivity contribution is 6.63. The number of alkyl halides is 2. The minimum Gasteiger partial charge on any atom is -0.290 e. The van der Waals surface area contributed by atoms with Gasteiger partial charge in [0.15, 0.2) is 0 Å². The van der Waals surface area contributed by atoms with Crippen molar-refractivity contribution in [3.05, 3.63) is 0 Å². The van der Waals surface area contributed by atoms with E-state index in [4.69, 9.17) is 23.2 Å². The second kappa shape index (κ2) is 7.94. The van der Waals surface area contributed by atoms with Crippen LogP contribution in [0.5, 0.6) is 0 Å². The minimum absolute atomic E-state index is 0.0505. The lowest BCUT2D eigenvalue weighted by molar-refractivity contribution is -0.144. The Hall–Kier alpha value is -0.410. The summed E-state index contributed by atoms with van der Waals surface area (Å²) in [6.07, 6.45) is 0.952. The molecule has 0 heterocycles. The molecule has 0 spiro atoms. The molecule has 80 valence electrons. The van der Waals surface area contributed by atoms with E-state index in [9.17, 15) is 14.4 Å². The molecule has 0 unspecified atom stereocenters. The van der Waals surface area contributed by atoms with Crippen molar-refractivity contribution in [2.45, 2.75) is 25.7 Å². The van der Waals surface area contributed by atoms with Crippen LogP contribution in [0.4, 0.5) is 0 Å². The van der Waals surface area contributed by atoms with Gasteiger partial charge < -0.3 is 0 Å². The van der Waals surface area contributed by atoms with Gasteiger partial charge in [0.1, 0.15) is 0 Å². The predicted molar refractivity (Wildman–Crippen MR) is 54.9 cm³/mol. The number of ketones is 3. The molecule has 0 aromatic heterocycles. The second-order valence-corrected chi connectivity index (χ2v) is 3.52. The Morgan fingerprint density at radius 3 is 1.43 bits per heavy atom. The SMILES string of the molecule is O=C(CCCCl)C(=O)C(=O)CCCCl. The van der Waals surface area contributed by atoms with E-state index in [-0.39, 0.29) is 12.8 Å². The van der Waals surface area contributed by atoms with Crippen LogP contribution in [0, 0.1) is 0 Å². The fraction of sp³-hybridized carbons (Fsp3) is 0.667. The van der Waals surface area contributed by atoms with Crippen LogP contribution < -0.4 is 0 Å². The molecule has 0 radical (unpaired) electrons. The van der Waals surface area contributed by atoms with Crippen molar-refractivity contribution >= 4 is 40.6 Å². The van der Waals surface area contributed by atoms with Gasteiger partial charge in [0, 0.05) is 24.6 Å². The molecule has 0 aliphatic carbocycles. The first-order chi connectivity index (χ1) is 6.63. The average Bonchev–Trinajstić information content (AvgIpc) is 2.21. The first kappa shape index (κ1) is 13.6. The number of carbonyl (C=O) groups excluding carboxylic acids is 3. The molecule has 0 fully saturated rings. The summed E-state index contributed by atoms with van der Waals surface area (Å²) in [5.41, 5.74) is 0. The Kier molecular flexibility index (Phi) is 7.71. The van der Waals surface area contributed by atoms with Gasteiger partial charge >= 0.3 is 0 Å². The zero-order valence-electron chi connectivity index (χ0n) is 7.72. The van der Waals surface area contributed by atoms with Crippen LogP contribution in [0.25, 0.3) is 0 Å². The summed E-state index contributed by atoms with van der Waals surface area (Å²) in [6.45, 7) is 0.